The van der Waals surface area contributed by atoms with E-state index in [2.05, 4.69) is 22.8 Å². The maximum absolute atomic E-state index is 12.4. The van der Waals surface area contributed by atoms with Crippen LogP contribution in [-0.4, -0.2) is 55.0 Å². The molecule has 1 unspecified atom stereocenters. The van der Waals surface area contributed by atoms with Crippen molar-refractivity contribution < 1.29 is 29.0 Å². The molecule has 1 aliphatic carbocycles. The highest BCUT2D eigenvalue weighted by atomic mass is 16.5. The largest absolute Gasteiger partial charge is 0.481 e. The molecule has 8 heteroatoms. The number of carbonyl (C=O) groups is 3. The van der Waals surface area contributed by atoms with Gasteiger partial charge in [-0.15, -0.1) is 0 Å². The Bertz CT molecular complexity index is 958. The number of benzene rings is 2. The fourth-order valence-corrected chi connectivity index (χ4v) is 3.94. The first kappa shape index (κ1) is 23.3. The van der Waals surface area contributed by atoms with Crippen molar-refractivity contribution in [2.24, 2.45) is 0 Å². The van der Waals surface area contributed by atoms with E-state index in [1.165, 1.54) is 7.11 Å². The fraction of sp³-hybridized carbons (Fsp3) is 0.375. The zero-order valence-electron chi connectivity index (χ0n) is 18.4. The molecule has 1 atom stereocenters. The number of carboxylic acid groups (broad SMARTS) is 1. The third-order valence-corrected chi connectivity index (χ3v) is 5.41. The van der Waals surface area contributed by atoms with Crippen molar-refractivity contribution in [3.8, 4) is 11.1 Å². The Morgan fingerprint density at radius 2 is 1.59 bits per heavy atom. The smallest absolute Gasteiger partial charge is 0.407 e. The summed E-state index contributed by atoms with van der Waals surface area (Å²) in [7, 11) is 1.34. The molecule has 3 N–H and O–H groups in total. The summed E-state index contributed by atoms with van der Waals surface area (Å²) in [6.45, 7) is 3.26. The molecule has 0 aromatic heterocycles. The molecule has 0 spiro atoms. The maximum atomic E-state index is 12.4. The zero-order chi connectivity index (χ0) is 23.3. The van der Waals surface area contributed by atoms with Crippen LogP contribution in [-0.2, 0) is 19.1 Å². The zero-order valence-corrected chi connectivity index (χ0v) is 18.4. The molecule has 0 saturated carbocycles. The molecular formula is C24H28N2O6. The lowest BCUT2D eigenvalue weighted by Crippen LogP contribution is -2.52. The van der Waals surface area contributed by atoms with Crippen molar-refractivity contribution in [3.05, 3.63) is 59.7 Å². The molecule has 2 aromatic carbocycles. The Morgan fingerprint density at radius 3 is 2.12 bits per heavy atom. The van der Waals surface area contributed by atoms with Crippen LogP contribution >= 0.6 is 0 Å². The number of hydrogen-bond donors (Lipinski definition) is 3. The Kier molecular flexibility index (Phi) is 7.15. The molecule has 0 saturated heterocycles. The number of nitrogens with one attached hydrogen (secondary N) is 2. The lowest BCUT2D eigenvalue weighted by Gasteiger charge is -2.27. The fourth-order valence-electron chi connectivity index (χ4n) is 3.94. The summed E-state index contributed by atoms with van der Waals surface area (Å²) in [5.41, 5.74) is 3.53. The first-order valence-electron chi connectivity index (χ1n) is 10.4. The molecule has 3 rings (SSSR count). The van der Waals surface area contributed by atoms with Gasteiger partial charge in [0.1, 0.15) is 6.61 Å². The average molecular weight is 440 g/mol. The third kappa shape index (κ3) is 5.45. The second-order valence-electron chi connectivity index (χ2n) is 8.37. The number of amides is 2. The van der Waals surface area contributed by atoms with Crippen LogP contribution in [0.4, 0.5) is 4.79 Å². The van der Waals surface area contributed by atoms with Gasteiger partial charge in [0.05, 0.1) is 13.0 Å². The van der Waals surface area contributed by atoms with E-state index in [-0.39, 0.29) is 25.5 Å². The van der Waals surface area contributed by atoms with E-state index in [4.69, 9.17) is 14.6 Å². The van der Waals surface area contributed by atoms with Gasteiger partial charge in [0.25, 0.3) is 5.91 Å². The molecule has 1 aliphatic rings. The van der Waals surface area contributed by atoms with Crippen LogP contribution < -0.4 is 10.6 Å². The van der Waals surface area contributed by atoms with Crippen molar-refractivity contribution in [1.82, 2.24) is 10.6 Å². The monoisotopic (exact) mass is 440 g/mol. The molecule has 170 valence electrons. The van der Waals surface area contributed by atoms with Gasteiger partial charge in [0.2, 0.25) is 0 Å². The van der Waals surface area contributed by atoms with Crippen LogP contribution in [0.1, 0.15) is 37.3 Å². The number of carboxylic acids is 1. The van der Waals surface area contributed by atoms with Gasteiger partial charge in [-0.2, -0.15) is 0 Å². The lowest BCUT2D eigenvalue weighted by molar-refractivity contribution is -0.139. The number of alkyl carbamates (subject to hydrolysis) is 1. The van der Waals surface area contributed by atoms with Gasteiger partial charge in [0.15, 0.2) is 6.10 Å². The van der Waals surface area contributed by atoms with Crippen molar-refractivity contribution in [2.75, 3.05) is 20.3 Å². The SMILES string of the molecule is COC(CNC(=O)OCC1c2ccccc2-c2ccccc21)C(=O)NC(C)(C)CC(=O)O. The topological polar surface area (TPSA) is 114 Å². The number of hydrogen-bond acceptors (Lipinski definition) is 5. The van der Waals surface area contributed by atoms with E-state index < -0.39 is 29.6 Å². The second kappa shape index (κ2) is 9.82. The van der Waals surface area contributed by atoms with Crippen molar-refractivity contribution in [2.45, 2.75) is 37.8 Å². The van der Waals surface area contributed by atoms with E-state index in [0.717, 1.165) is 22.3 Å². The van der Waals surface area contributed by atoms with E-state index >= 15 is 0 Å². The van der Waals surface area contributed by atoms with Crippen LogP contribution in [0, 0.1) is 0 Å². The second-order valence-corrected chi connectivity index (χ2v) is 8.37. The molecule has 0 radical (unpaired) electrons. The Morgan fingerprint density at radius 1 is 1.03 bits per heavy atom. The summed E-state index contributed by atoms with van der Waals surface area (Å²) >= 11 is 0. The average Bonchev–Trinajstić information content (AvgIpc) is 3.05. The molecule has 2 amide bonds. The summed E-state index contributed by atoms with van der Waals surface area (Å²) in [5.74, 6) is -1.61. The Labute approximate surface area is 186 Å². The number of ether oxygens (including phenoxy) is 2. The lowest BCUT2D eigenvalue weighted by atomic mass is 9.98. The number of rotatable bonds is 9. The van der Waals surface area contributed by atoms with Gasteiger partial charge in [-0.1, -0.05) is 48.5 Å². The van der Waals surface area contributed by atoms with Gasteiger partial charge < -0.3 is 25.2 Å². The van der Waals surface area contributed by atoms with Gasteiger partial charge in [-0.3, -0.25) is 9.59 Å². The van der Waals surface area contributed by atoms with Crippen LogP contribution in [0.3, 0.4) is 0 Å². The summed E-state index contributed by atoms with van der Waals surface area (Å²) in [6.07, 6.45) is -1.88. The Balaban J connectivity index is 1.55. The van der Waals surface area contributed by atoms with E-state index in [1.54, 1.807) is 13.8 Å². The number of fused-ring (bicyclic) bond motifs is 3. The molecule has 32 heavy (non-hydrogen) atoms. The minimum absolute atomic E-state index is 0.0634. The van der Waals surface area contributed by atoms with Crippen molar-refractivity contribution in [3.63, 3.8) is 0 Å². The summed E-state index contributed by atoms with van der Waals surface area (Å²) in [6, 6.07) is 16.1. The summed E-state index contributed by atoms with van der Waals surface area (Å²) in [5, 5.41) is 14.1. The molecule has 0 aliphatic heterocycles. The first-order chi connectivity index (χ1) is 15.2. The molecular weight excluding hydrogens is 412 g/mol. The molecule has 2 aromatic rings. The quantitative estimate of drug-likeness (QED) is 0.553. The van der Waals surface area contributed by atoms with Crippen molar-refractivity contribution in [1.29, 1.82) is 0 Å². The summed E-state index contributed by atoms with van der Waals surface area (Å²) in [4.78, 5) is 35.6. The Hall–Kier alpha value is -3.39. The predicted octanol–water partition coefficient (Wildman–Crippen LogP) is 2.91. The summed E-state index contributed by atoms with van der Waals surface area (Å²) < 4.78 is 10.6. The highest BCUT2D eigenvalue weighted by molar-refractivity contribution is 5.83. The molecule has 0 heterocycles. The normalized spacial score (nSPS) is 13.6. The molecule has 0 fully saturated rings. The third-order valence-electron chi connectivity index (χ3n) is 5.41. The molecule has 0 bridgehead atoms. The highest BCUT2D eigenvalue weighted by Gasteiger charge is 2.30. The number of methoxy groups -OCH3 is 1. The van der Waals surface area contributed by atoms with Gasteiger partial charge in [0, 0.05) is 18.6 Å². The van der Waals surface area contributed by atoms with Crippen molar-refractivity contribution >= 4 is 18.0 Å². The molecule has 8 nitrogen and oxygen atoms in total. The van der Waals surface area contributed by atoms with E-state index in [9.17, 15) is 14.4 Å². The predicted molar refractivity (Wildman–Crippen MR) is 118 cm³/mol. The van der Waals surface area contributed by atoms with E-state index in [0.29, 0.717) is 0 Å². The van der Waals surface area contributed by atoms with Crippen LogP contribution in [0.15, 0.2) is 48.5 Å². The van der Waals surface area contributed by atoms with E-state index in [1.807, 2.05) is 36.4 Å². The van der Waals surface area contributed by atoms with Gasteiger partial charge in [-0.25, -0.2) is 4.79 Å². The van der Waals surface area contributed by atoms with Gasteiger partial charge >= 0.3 is 12.1 Å². The van der Waals surface area contributed by atoms with Crippen LogP contribution in [0.25, 0.3) is 11.1 Å². The standard InChI is InChI=1S/C24H28N2O6/c1-24(2,12-21(27)28)26-22(29)20(31-3)13-25-23(30)32-14-19-17-10-6-4-8-15(17)16-9-5-7-11-18(16)19/h4-11,19-20H,12-14H2,1-3H3,(H,25,30)(H,26,29)(H,27,28). The number of carbonyl (C=O) groups excluding carboxylic acids is 2. The highest BCUT2D eigenvalue weighted by Crippen LogP contribution is 2.44. The number of aliphatic carboxylic acids is 1. The maximum Gasteiger partial charge on any atom is 0.407 e. The minimum atomic E-state index is -1.03. The van der Waals surface area contributed by atoms with Crippen LogP contribution in [0.5, 0.6) is 0 Å². The van der Waals surface area contributed by atoms with Gasteiger partial charge in [-0.05, 0) is 36.1 Å². The van der Waals surface area contributed by atoms with Crippen LogP contribution in [0.2, 0.25) is 0 Å². The minimum Gasteiger partial charge on any atom is -0.481 e. The first-order valence-corrected chi connectivity index (χ1v) is 10.4.